The first-order valence-corrected chi connectivity index (χ1v) is 18.4. The average molecular weight is 730 g/mol. The first-order chi connectivity index (χ1) is 25.9. The van der Waals surface area contributed by atoms with Crippen molar-refractivity contribution < 1.29 is 28.3 Å². The van der Waals surface area contributed by atoms with Crippen molar-refractivity contribution in [1.29, 1.82) is 0 Å². The smallest absolute Gasteiger partial charge is 0.410 e. The fraction of sp³-hybridized carbons (Fsp3) is 0.326. The summed E-state index contributed by atoms with van der Waals surface area (Å²) in [6.07, 6.45) is 1.45. The summed E-state index contributed by atoms with van der Waals surface area (Å²) in [5.41, 5.74) is 3.90. The molecular formula is C43H44FN5O5. The average Bonchev–Trinajstić information content (AvgIpc) is 3.64. The number of amides is 5. The molecule has 3 aliphatic rings. The van der Waals surface area contributed by atoms with Crippen LogP contribution in [0.2, 0.25) is 0 Å². The molecule has 0 bridgehead atoms. The number of likely N-dealkylation sites (tertiary alicyclic amines) is 1. The highest BCUT2D eigenvalue weighted by molar-refractivity contribution is 6.14. The van der Waals surface area contributed by atoms with Gasteiger partial charge in [0.25, 0.3) is 5.91 Å². The fourth-order valence-corrected chi connectivity index (χ4v) is 7.59. The van der Waals surface area contributed by atoms with Crippen molar-refractivity contribution in [2.45, 2.75) is 70.2 Å². The summed E-state index contributed by atoms with van der Waals surface area (Å²) in [5, 5.41) is 2.94. The normalized spacial score (nSPS) is 18.4. The minimum Gasteiger partial charge on any atom is -0.444 e. The summed E-state index contributed by atoms with van der Waals surface area (Å²) in [6.45, 7) is 5.89. The van der Waals surface area contributed by atoms with Crippen LogP contribution in [0, 0.1) is 5.82 Å². The van der Waals surface area contributed by atoms with E-state index in [1.165, 1.54) is 12.1 Å². The Kier molecular flexibility index (Phi) is 10.1. The summed E-state index contributed by atoms with van der Waals surface area (Å²) < 4.78 is 19.3. The Morgan fingerprint density at radius 2 is 1.54 bits per heavy atom. The van der Waals surface area contributed by atoms with Crippen LogP contribution < -0.4 is 5.32 Å². The van der Waals surface area contributed by atoms with Gasteiger partial charge in [0, 0.05) is 36.8 Å². The Hall–Kier alpha value is -5.84. The molecule has 0 radical (unpaired) electrons. The van der Waals surface area contributed by atoms with E-state index in [1.807, 2.05) is 99.6 Å². The molecule has 1 unspecified atom stereocenters. The number of piperidine rings is 1. The minimum atomic E-state index is -1.28. The van der Waals surface area contributed by atoms with Crippen molar-refractivity contribution in [2.24, 2.45) is 4.99 Å². The summed E-state index contributed by atoms with van der Waals surface area (Å²) in [6, 6.07) is 30.6. The lowest BCUT2D eigenvalue weighted by Gasteiger charge is -2.39. The number of benzene rings is 4. The number of imide groups is 1. The van der Waals surface area contributed by atoms with Crippen LogP contribution in [0.15, 0.2) is 108 Å². The molecule has 7 rings (SSSR count). The van der Waals surface area contributed by atoms with Crippen LogP contribution in [0.1, 0.15) is 67.9 Å². The molecule has 1 N–H and O–H groups in total. The number of rotatable bonds is 8. The number of carbonyl (C=O) groups is 4. The number of hydrogen-bond acceptors (Lipinski definition) is 6. The lowest BCUT2D eigenvalue weighted by Crippen LogP contribution is -2.52. The van der Waals surface area contributed by atoms with E-state index < -0.39 is 47.4 Å². The van der Waals surface area contributed by atoms with Gasteiger partial charge in [0.1, 0.15) is 23.5 Å². The van der Waals surface area contributed by atoms with Crippen molar-refractivity contribution in [3.05, 3.63) is 137 Å². The summed E-state index contributed by atoms with van der Waals surface area (Å²) in [7, 11) is 0. The van der Waals surface area contributed by atoms with Gasteiger partial charge in [0.2, 0.25) is 5.91 Å². The molecule has 54 heavy (non-hydrogen) atoms. The zero-order valence-electron chi connectivity index (χ0n) is 30.8. The molecule has 1 spiro atoms. The zero-order valence-corrected chi connectivity index (χ0v) is 30.8. The van der Waals surface area contributed by atoms with E-state index in [0.717, 1.165) is 33.0 Å². The molecule has 0 saturated carbocycles. The van der Waals surface area contributed by atoms with E-state index in [0.29, 0.717) is 49.9 Å². The van der Waals surface area contributed by atoms with Gasteiger partial charge in [-0.1, -0.05) is 78.9 Å². The molecule has 5 amide bonds. The van der Waals surface area contributed by atoms with Crippen LogP contribution in [0.5, 0.6) is 0 Å². The Balaban J connectivity index is 1.10. The minimum absolute atomic E-state index is 0.158. The highest BCUT2D eigenvalue weighted by Crippen LogP contribution is 2.43. The molecule has 4 aromatic rings. The SMILES string of the molecule is CC(C)(C)OC(=O)N1CCC(N(Cc2ccc(F)cc2)C(=O)CN2C(=O)NC3(CCc4cc(N=C(c5ccccc5)c5ccccc5)ccc43)C2=O)CC1. The van der Waals surface area contributed by atoms with Gasteiger partial charge in [0.05, 0.1) is 11.4 Å². The van der Waals surface area contributed by atoms with Crippen molar-refractivity contribution in [3.63, 3.8) is 0 Å². The molecule has 2 saturated heterocycles. The number of nitrogens with zero attached hydrogens (tertiary/aromatic N) is 4. The molecule has 10 nitrogen and oxygen atoms in total. The molecular weight excluding hydrogens is 686 g/mol. The highest BCUT2D eigenvalue weighted by atomic mass is 19.1. The second kappa shape index (κ2) is 14.9. The molecule has 278 valence electrons. The number of aryl methyl sites for hydroxylation is 1. The molecule has 4 aromatic carbocycles. The van der Waals surface area contributed by atoms with Gasteiger partial charge in [0.15, 0.2) is 0 Å². The van der Waals surface area contributed by atoms with Crippen LogP contribution in [-0.2, 0) is 32.8 Å². The third-order valence-corrected chi connectivity index (χ3v) is 10.3. The second-order valence-corrected chi connectivity index (χ2v) is 15.1. The molecule has 2 heterocycles. The van der Waals surface area contributed by atoms with E-state index in [1.54, 1.807) is 21.9 Å². The number of aliphatic imine (C=N–C) groups is 1. The number of ether oxygens (including phenoxy) is 1. The molecule has 0 aromatic heterocycles. The maximum atomic E-state index is 14.2. The van der Waals surface area contributed by atoms with Crippen molar-refractivity contribution in [2.75, 3.05) is 19.6 Å². The Bertz CT molecular complexity index is 2030. The van der Waals surface area contributed by atoms with Crippen LogP contribution in [-0.4, -0.2) is 75.6 Å². The topological polar surface area (TPSA) is 112 Å². The number of halogens is 1. The first kappa shape index (κ1) is 36.5. The number of urea groups is 1. The third-order valence-electron chi connectivity index (χ3n) is 10.3. The van der Waals surface area contributed by atoms with E-state index in [-0.39, 0.29) is 12.6 Å². The molecule has 1 aliphatic carbocycles. The fourth-order valence-electron chi connectivity index (χ4n) is 7.59. The van der Waals surface area contributed by atoms with Gasteiger partial charge in [-0.05, 0) is 87.4 Å². The standard InChI is InChI=1S/C43H44FN5O5/c1-42(2,3)54-41(53)47-24-21-35(22-25-47)48(27-29-14-16-33(44)17-15-29)37(50)28-49-39(51)43(46-40(49)52)23-20-32-26-34(18-19-36(32)43)45-38(30-10-6-4-7-11-30)31-12-8-5-9-13-31/h4-19,26,35H,20-25,27-28H2,1-3H3,(H,46,52). The summed E-state index contributed by atoms with van der Waals surface area (Å²) in [4.78, 5) is 64.0. The molecule has 2 fully saturated rings. The lowest BCUT2D eigenvalue weighted by atomic mass is 9.91. The van der Waals surface area contributed by atoms with Gasteiger partial charge in [-0.2, -0.15) is 0 Å². The maximum absolute atomic E-state index is 14.2. The van der Waals surface area contributed by atoms with Crippen molar-refractivity contribution in [3.8, 4) is 0 Å². The maximum Gasteiger partial charge on any atom is 0.410 e. The van der Waals surface area contributed by atoms with Crippen LogP contribution in [0.4, 0.5) is 19.7 Å². The number of hydrogen-bond donors (Lipinski definition) is 1. The first-order valence-electron chi connectivity index (χ1n) is 18.4. The van der Waals surface area contributed by atoms with Crippen LogP contribution in [0.25, 0.3) is 0 Å². The van der Waals surface area contributed by atoms with Gasteiger partial charge < -0.3 is 19.9 Å². The Morgan fingerprint density at radius 3 is 2.15 bits per heavy atom. The van der Waals surface area contributed by atoms with E-state index in [2.05, 4.69) is 5.32 Å². The molecule has 2 aliphatic heterocycles. The summed E-state index contributed by atoms with van der Waals surface area (Å²) >= 11 is 0. The monoisotopic (exact) mass is 729 g/mol. The van der Waals surface area contributed by atoms with Gasteiger partial charge in [-0.3, -0.25) is 14.5 Å². The zero-order chi connectivity index (χ0) is 38.0. The largest absolute Gasteiger partial charge is 0.444 e. The van der Waals surface area contributed by atoms with E-state index in [4.69, 9.17) is 9.73 Å². The van der Waals surface area contributed by atoms with E-state index in [9.17, 15) is 23.6 Å². The van der Waals surface area contributed by atoms with Crippen LogP contribution >= 0.6 is 0 Å². The highest BCUT2D eigenvalue weighted by Gasteiger charge is 2.56. The molecule has 11 heteroatoms. The Morgan fingerprint density at radius 1 is 0.907 bits per heavy atom. The lowest BCUT2D eigenvalue weighted by molar-refractivity contribution is -0.141. The predicted octanol–water partition coefficient (Wildman–Crippen LogP) is 7.12. The summed E-state index contributed by atoms with van der Waals surface area (Å²) in [5.74, 6) is -1.27. The Labute approximate surface area is 314 Å². The third kappa shape index (κ3) is 7.62. The number of carbonyl (C=O) groups excluding carboxylic acids is 4. The number of fused-ring (bicyclic) bond motifs is 2. The van der Waals surface area contributed by atoms with Crippen molar-refractivity contribution in [1.82, 2.24) is 20.0 Å². The van der Waals surface area contributed by atoms with Gasteiger partial charge in [-0.25, -0.2) is 19.0 Å². The van der Waals surface area contributed by atoms with E-state index >= 15 is 0 Å². The predicted molar refractivity (Wildman–Crippen MR) is 203 cm³/mol. The van der Waals surface area contributed by atoms with Crippen molar-refractivity contribution >= 4 is 35.3 Å². The quantitative estimate of drug-likeness (QED) is 0.154. The second-order valence-electron chi connectivity index (χ2n) is 15.1. The number of nitrogens with one attached hydrogen (secondary N) is 1. The van der Waals surface area contributed by atoms with Crippen LogP contribution in [0.3, 0.4) is 0 Å². The van der Waals surface area contributed by atoms with Gasteiger partial charge >= 0.3 is 12.1 Å². The van der Waals surface area contributed by atoms with Gasteiger partial charge in [-0.15, -0.1) is 0 Å². The molecule has 1 atom stereocenters.